The van der Waals surface area contributed by atoms with Gasteiger partial charge in [-0.25, -0.2) is 22.5 Å². The molecule has 0 fully saturated rings. The van der Waals surface area contributed by atoms with Crippen molar-refractivity contribution in [2.24, 2.45) is 0 Å². The number of hydrogen-bond acceptors (Lipinski definition) is 2. The number of hydrogen-bond donors (Lipinski definition) is 1. The van der Waals surface area contributed by atoms with Crippen LogP contribution < -0.4 is 0 Å². The summed E-state index contributed by atoms with van der Waals surface area (Å²) in [4.78, 5) is 8.81. The summed E-state index contributed by atoms with van der Waals surface area (Å²) in [6, 6.07) is 7.30. The van der Waals surface area contributed by atoms with Crippen LogP contribution in [0.3, 0.4) is 0 Å². The summed E-state index contributed by atoms with van der Waals surface area (Å²) >= 11 is 0. The van der Waals surface area contributed by atoms with E-state index in [1.165, 1.54) is 24.3 Å². The third-order valence-corrected chi connectivity index (χ3v) is 4.24. The zero-order valence-electron chi connectivity index (χ0n) is 13.4. The van der Waals surface area contributed by atoms with E-state index in [1.54, 1.807) is 17.2 Å². The Bertz CT molecular complexity index is 970. The second-order valence-corrected chi connectivity index (χ2v) is 5.97. The highest BCUT2D eigenvalue weighted by Crippen LogP contribution is 2.28. The summed E-state index contributed by atoms with van der Waals surface area (Å²) in [7, 11) is 0. The smallest absolute Gasteiger partial charge is 0.144 e. The van der Waals surface area contributed by atoms with Gasteiger partial charge in [0.2, 0.25) is 0 Å². The lowest BCUT2D eigenvalue weighted by atomic mass is 10.1. The highest BCUT2D eigenvalue weighted by Gasteiger charge is 2.21. The maximum absolute atomic E-state index is 13.9. The van der Waals surface area contributed by atoms with Crippen LogP contribution in [0.2, 0.25) is 0 Å². The highest BCUT2D eigenvalue weighted by molar-refractivity contribution is 5.62. The molecule has 3 aromatic rings. The van der Waals surface area contributed by atoms with E-state index in [0.29, 0.717) is 11.4 Å². The average molecular weight is 359 g/mol. The van der Waals surface area contributed by atoms with Gasteiger partial charge in [0.1, 0.15) is 29.1 Å². The molecular formula is C19H13F4N3. The molecule has 7 heteroatoms. The van der Waals surface area contributed by atoms with Gasteiger partial charge in [0, 0.05) is 18.3 Å². The number of halogens is 4. The molecular weight excluding hydrogens is 346 g/mol. The van der Waals surface area contributed by atoms with Crippen molar-refractivity contribution in [3.63, 3.8) is 0 Å². The Kier molecular flexibility index (Phi) is 3.99. The van der Waals surface area contributed by atoms with E-state index in [4.69, 9.17) is 0 Å². The van der Waals surface area contributed by atoms with Crippen molar-refractivity contribution in [1.29, 1.82) is 0 Å². The highest BCUT2D eigenvalue weighted by atomic mass is 19.1. The van der Waals surface area contributed by atoms with E-state index in [9.17, 15) is 17.6 Å². The van der Waals surface area contributed by atoms with Gasteiger partial charge in [-0.1, -0.05) is 12.1 Å². The maximum atomic E-state index is 13.9. The molecule has 0 saturated carbocycles. The number of H-pyrrole nitrogens is 1. The molecule has 132 valence electrons. The summed E-state index contributed by atoms with van der Waals surface area (Å²) in [5, 5.41) is 0. The zero-order valence-corrected chi connectivity index (χ0v) is 13.4. The van der Waals surface area contributed by atoms with E-state index in [1.807, 2.05) is 0 Å². The summed E-state index contributed by atoms with van der Waals surface area (Å²) in [5.41, 5.74) is 0.872. The van der Waals surface area contributed by atoms with Crippen LogP contribution in [-0.2, 0) is 13.1 Å². The lowest BCUT2D eigenvalue weighted by molar-refractivity contribution is 0.340. The Hall–Kier alpha value is -3.09. The van der Waals surface area contributed by atoms with Crippen LogP contribution in [-0.4, -0.2) is 14.9 Å². The van der Waals surface area contributed by atoms with E-state index < -0.39 is 23.3 Å². The number of aromatic nitrogens is 2. The lowest BCUT2D eigenvalue weighted by Crippen LogP contribution is -2.21. The van der Waals surface area contributed by atoms with Crippen molar-refractivity contribution >= 4 is 6.08 Å². The van der Waals surface area contributed by atoms with Gasteiger partial charge in [-0.05, 0) is 30.3 Å². The summed E-state index contributed by atoms with van der Waals surface area (Å²) in [5.74, 6) is -2.60. The fourth-order valence-electron chi connectivity index (χ4n) is 2.95. The zero-order chi connectivity index (χ0) is 18.3. The molecule has 3 nitrogen and oxygen atoms in total. The molecule has 2 aromatic carbocycles. The molecule has 4 rings (SSSR count). The third kappa shape index (κ3) is 2.85. The Morgan fingerprint density at radius 1 is 0.923 bits per heavy atom. The van der Waals surface area contributed by atoms with Crippen LogP contribution in [0.1, 0.15) is 17.0 Å². The second-order valence-electron chi connectivity index (χ2n) is 5.97. The molecule has 0 spiro atoms. The first-order valence-electron chi connectivity index (χ1n) is 7.91. The Morgan fingerprint density at radius 3 is 2.19 bits per heavy atom. The van der Waals surface area contributed by atoms with Gasteiger partial charge in [-0.3, -0.25) is 0 Å². The minimum absolute atomic E-state index is 0.0247. The molecule has 1 N–H and O–H groups in total. The standard InChI is InChI=1S/C19H13F4N3/c20-12-3-1-4-13(21)11(12)9-26-8-7-16-17(10-26)25-19(24-16)18-14(22)5-2-6-15(18)23/h1-8H,9-10H2,(H,24,25). The van der Waals surface area contributed by atoms with Crippen molar-refractivity contribution in [1.82, 2.24) is 14.9 Å². The predicted molar refractivity (Wildman–Crippen MR) is 88.6 cm³/mol. The van der Waals surface area contributed by atoms with Gasteiger partial charge < -0.3 is 9.88 Å². The quantitative estimate of drug-likeness (QED) is 0.692. The number of rotatable bonds is 3. The number of fused-ring (bicyclic) bond motifs is 1. The number of nitrogens with zero attached hydrogens (tertiary/aromatic N) is 2. The van der Waals surface area contributed by atoms with E-state index >= 15 is 0 Å². The van der Waals surface area contributed by atoms with Crippen molar-refractivity contribution in [3.8, 4) is 11.4 Å². The summed E-state index contributed by atoms with van der Waals surface area (Å²) in [6.45, 7) is 0.305. The molecule has 0 amide bonds. The van der Waals surface area contributed by atoms with Crippen LogP contribution in [0.5, 0.6) is 0 Å². The van der Waals surface area contributed by atoms with Gasteiger partial charge in [-0.2, -0.15) is 0 Å². The lowest BCUT2D eigenvalue weighted by Gasteiger charge is -2.23. The Balaban J connectivity index is 1.61. The van der Waals surface area contributed by atoms with Gasteiger partial charge in [0.15, 0.2) is 0 Å². The molecule has 0 aliphatic carbocycles. The maximum Gasteiger partial charge on any atom is 0.144 e. The fraction of sp³-hybridized carbons (Fsp3) is 0.105. The Labute approximate surface area is 146 Å². The summed E-state index contributed by atoms with van der Waals surface area (Å²) < 4.78 is 55.5. The average Bonchev–Trinajstić information content (AvgIpc) is 3.01. The second kappa shape index (κ2) is 6.33. The molecule has 0 atom stereocenters. The third-order valence-electron chi connectivity index (χ3n) is 4.24. The molecule has 26 heavy (non-hydrogen) atoms. The van der Waals surface area contributed by atoms with Crippen LogP contribution in [0.15, 0.2) is 42.6 Å². The first-order valence-corrected chi connectivity index (χ1v) is 7.91. The van der Waals surface area contributed by atoms with Crippen LogP contribution in [0, 0.1) is 23.3 Å². The minimum Gasteiger partial charge on any atom is -0.367 e. The predicted octanol–water partition coefficient (Wildman–Crippen LogP) is 4.62. The number of aromatic amines is 1. The summed E-state index contributed by atoms with van der Waals surface area (Å²) in [6.07, 6.45) is 3.28. The minimum atomic E-state index is -0.717. The normalized spacial score (nSPS) is 13.2. The van der Waals surface area contributed by atoms with E-state index in [2.05, 4.69) is 9.97 Å². The number of nitrogens with one attached hydrogen (secondary N) is 1. The van der Waals surface area contributed by atoms with Gasteiger partial charge >= 0.3 is 0 Å². The Morgan fingerprint density at radius 2 is 1.54 bits per heavy atom. The van der Waals surface area contributed by atoms with Crippen molar-refractivity contribution < 1.29 is 17.6 Å². The molecule has 0 radical (unpaired) electrons. The molecule has 0 saturated heterocycles. The largest absolute Gasteiger partial charge is 0.367 e. The van der Waals surface area contributed by atoms with Crippen molar-refractivity contribution in [2.75, 3.05) is 0 Å². The molecule has 1 aliphatic heterocycles. The molecule has 0 bridgehead atoms. The van der Waals surface area contributed by atoms with Crippen LogP contribution in [0.4, 0.5) is 17.6 Å². The van der Waals surface area contributed by atoms with Crippen molar-refractivity contribution in [3.05, 3.63) is 82.8 Å². The molecule has 2 heterocycles. The first-order chi connectivity index (χ1) is 12.5. The fourth-order valence-corrected chi connectivity index (χ4v) is 2.95. The SMILES string of the molecule is Fc1cccc(F)c1CN1C=Cc2nc(-c3c(F)cccc3F)[nH]c2C1. The van der Waals surface area contributed by atoms with Crippen molar-refractivity contribution in [2.45, 2.75) is 13.1 Å². The molecule has 0 unspecified atom stereocenters. The van der Waals surface area contributed by atoms with E-state index in [-0.39, 0.29) is 30.0 Å². The molecule has 1 aromatic heterocycles. The topological polar surface area (TPSA) is 31.9 Å². The van der Waals surface area contributed by atoms with Crippen LogP contribution >= 0.6 is 0 Å². The van der Waals surface area contributed by atoms with Crippen LogP contribution in [0.25, 0.3) is 17.5 Å². The van der Waals surface area contributed by atoms with Gasteiger partial charge in [0.05, 0.1) is 23.5 Å². The number of benzene rings is 2. The van der Waals surface area contributed by atoms with Gasteiger partial charge in [0.25, 0.3) is 0 Å². The monoisotopic (exact) mass is 359 g/mol. The van der Waals surface area contributed by atoms with Gasteiger partial charge in [-0.15, -0.1) is 0 Å². The molecule has 1 aliphatic rings. The first kappa shape index (κ1) is 16.4. The van der Waals surface area contributed by atoms with E-state index in [0.717, 1.165) is 12.1 Å². The number of imidazole rings is 1.